The van der Waals surface area contributed by atoms with Crippen molar-refractivity contribution in [2.75, 3.05) is 6.54 Å². The van der Waals surface area contributed by atoms with Crippen LogP contribution in [0, 0.1) is 5.92 Å². The molecule has 1 aromatic carbocycles. The zero-order valence-electron chi connectivity index (χ0n) is 8.66. The zero-order valence-corrected chi connectivity index (χ0v) is 8.66. The summed E-state index contributed by atoms with van der Waals surface area (Å²) < 4.78 is 0. The normalized spacial score (nSPS) is 16.0. The average Bonchev–Trinajstić information content (AvgIpc) is 3.00. The second kappa shape index (κ2) is 3.66. The number of H-pyrrole nitrogens is 1. The Hall–Kier alpha value is -1.35. The van der Waals surface area contributed by atoms with Gasteiger partial charge in [-0.15, -0.1) is 0 Å². The largest absolute Gasteiger partial charge is 0.311 e. The predicted octanol–water partition coefficient (Wildman–Crippen LogP) is 2.06. The Morgan fingerprint density at radius 1 is 1.33 bits per heavy atom. The fourth-order valence-electron chi connectivity index (χ4n) is 1.87. The fraction of sp³-hybridized carbons (Fsp3) is 0.417. The highest BCUT2D eigenvalue weighted by Gasteiger charge is 2.20. The van der Waals surface area contributed by atoms with Gasteiger partial charge in [0.05, 0.1) is 11.2 Å². The SMILES string of the molecule is c1ccc2c(CNCC3CC3)[nH]nc2c1. The minimum atomic E-state index is 0.900. The third-order valence-corrected chi connectivity index (χ3v) is 2.97. The lowest BCUT2D eigenvalue weighted by Gasteiger charge is -2.01. The Morgan fingerprint density at radius 2 is 2.20 bits per heavy atom. The molecule has 1 aromatic heterocycles. The molecule has 3 nitrogen and oxygen atoms in total. The first-order chi connectivity index (χ1) is 7.43. The number of rotatable bonds is 4. The molecule has 0 amide bonds. The van der Waals surface area contributed by atoms with Crippen LogP contribution in [-0.4, -0.2) is 16.7 Å². The monoisotopic (exact) mass is 201 g/mol. The van der Waals surface area contributed by atoms with Gasteiger partial charge in [0.2, 0.25) is 0 Å². The topological polar surface area (TPSA) is 40.7 Å². The van der Waals surface area contributed by atoms with Crippen molar-refractivity contribution in [1.29, 1.82) is 0 Å². The van der Waals surface area contributed by atoms with Crippen LogP contribution in [0.3, 0.4) is 0 Å². The molecule has 3 heteroatoms. The quantitative estimate of drug-likeness (QED) is 0.795. The molecular formula is C12H15N3. The molecular weight excluding hydrogens is 186 g/mol. The summed E-state index contributed by atoms with van der Waals surface area (Å²) in [5, 5.41) is 12.1. The van der Waals surface area contributed by atoms with E-state index in [-0.39, 0.29) is 0 Å². The van der Waals surface area contributed by atoms with Gasteiger partial charge in [0, 0.05) is 11.9 Å². The van der Waals surface area contributed by atoms with E-state index < -0.39 is 0 Å². The Balaban J connectivity index is 1.72. The van der Waals surface area contributed by atoms with Crippen molar-refractivity contribution in [3.8, 4) is 0 Å². The number of hydrogen-bond acceptors (Lipinski definition) is 2. The molecule has 15 heavy (non-hydrogen) atoms. The number of hydrogen-bond donors (Lipinski definition) is 2. The second-order valence-electron chi connectivity index (χ2n) is 4.29. The van der Waals surface area contributed by atoms with Gasteiger partial charge in [-0.1, -0.05) is 18.2 Å². The molecule has 2 aromatic rings. The number of aromatic amines is 1. The molecule has 1 heterocycles. The van der Waals surface area contributed by atoms with E-state index >= 15 is 0 Å². The Labute approximate surface area is 88.9 Å². The molecule has 0 radical (unpaired) electrons. The molecule has 1 aliphatic rings. The fourth-order valence-corrected chi connectivity index (χ4v) is 1.87. The third kappa shape index (κ3) is 1.88. The van der Waals surface area contributed by atoms with Crippen molar-refractivity contribution < 1.29 is 0 Å². The number of nitrogens with zero attached hydrogens (tertiary/aromatic N) is 1. The first kappa shape index (κ1) is 8.92. The van der Waals surface area contributed by atoms with Crippen molar-refractivity contribution in [1.82, 2.24) is 15.5 Å². The lowest BCUT2D eigenvalue weighted by atomic mass is 10.2. The standard InChI is InChI=1S/C12H15N3/c1-2-4-11-10(3-1)12(15-14-11)8-13-7-9-5-6-9/h1-4,9,13H,5-8H2,(H,14,15). The highest BCUT2D eigenvalue weighted by Crippen LogP contribution is 2.27. The number of fused-ring (bicyclic) bond motifs is 1. The van der Waals surface area contributed by atoms with Crippen molar-refractivity contribution in [2.24, 2.45) is 5.92 Å². The molecule has 0 saturated heterocycles. The van der Waals surface area contributed by atoms with Gasteiger partial charge in [-0.3, -0.25) is 5.10 Å². The molecule has 1 fully saturated rings. The molecule has 3 rings (SSSR count). The van der Waals surface area contributed by atoms with E-state index in [1.165, 1.54) is 23.9 Å². The van der Waals surface area contributed by atoms with Gasteiger partial charge < -0.3 is 5.32 Å². The lowest BCUT2D eigenvalue weighted by molar-refractivity contribution is 0.631. The van der Waals surface area contributed by atoms with E-state index in [1.807, 2.05) is 12.1 Å². The molecule has 1 saturated carbocycles. The van der Waals surface area contributed by atoms with E-state index in [0.29, 0.717) is 0 Å². The van der Waals surface area contributed by atoms with Crippen LogP contribution in [-0.2, 0) is 6.54 Å². The first-order valence-electron chi connectivity index (χ1n) is 5.56. The molecule has 0 unspecified atom stereocenters. The van der Waals surface area contributed by atoms with Gasteiger partial charge in [-0.25, -0.2) is 0 Å². The molecule has 2 N–H and O–H groups in total. The van der Waals surface area contributed by atoms with Gasteiger partial charge in [0.15, 0.2) is 0 Å². The van der Waals surface area contributed by atoms with Gasteiger partial charge in [-0.05, 0) is 31.4 Å². The maximum absolute atomic E-state index is 4.27. The van der Waals surface area contributed by atoms with Crippen LogP contribution < -0.4 is 5.32 Å². The number of para-hydroxylation sites is 1. The predicted molar refractivity (Wildman–Crippen MR) is 60.5 cm³/mol. The van der Waals surface area contributed by atoms with E-state index in [0.717, 1.165) is 24.5 Å². The summed E-state index contributed by atoms with van der Waals surface area (Å²) in [6.07, 6.45) is 2.80. The summed E-state index contributed by atoms with van der Waals surface area (Å²) in [7, 11) is 0. The van der Waals surface area contributed by atoms with Crippen molar-refractivity contribution in [3.63, 3.8) is 0 Å². The van der Waals surface area contributed by atoms with Crippen LogP contribution in [0.15, 0.2) is 24.3 Å². The zero-order chi connectivity index (χ0) is 10.1. The van der Waals surface area contributed by atoms with Crippen molar-refractivity contribution in [3.05, 3.63) is 30.0 Å². The van der Waals surface area contributed by atoms with Crippen LogP contribution in [0.25, 0.3) is 10.9 Å². The van der Waals surface area contributed by atoms with Crippen LogP contribution in [0.2, 0.25) is 0 Å². The lowest BCUT2D eigenvalue weighted by Crippen LogP contribution is -2.16. The average molecular weight is 201 g/mol. The van der Waals surface area contributed by atoms with Crippen molar-refractivity contribution in [2.45, 2.75) is 19.4 Å². The van der Waals surface area contributed by atoms with Gasteiger partial charge >= 0.3 is 0 Å². The molecule has 0 bridgehead atoms. The van der Waals surface area contributed by atoms with Crippen LogP contribution in [0.5, 0.6) is 0 Å². The third-order valence-electron chi connectivity index (χ3n) is 2.97. The number of nitrogens with one attached hydrogen (secondary N) is 2. The van der Waals surface area contributed by atoms with E-state index in [9.17, 15) is 0 Å². The molecule has 1 aliphatic carbocycles. The van der Waals surface area contributed by atoms with E-state index in [2.05, 4.69) is 27.6 Å². The summed E-state index contributed by atoms with van der Waals surface area (Å²) >= 11 is 0. The Kier molecular flexibility index (Phi) is 2.18. The summed E-state index contributed by atoms with van der Waals surface area (Å²) in [5.41, 5.74) is 2.26. The van der Waals surface area contributed by atoms with Gasteiger partial charge in [-0.2, -0.15) is 5.10 Å². The van der Waals surface area contributed by atoms with Crippen LogP contribution in [0.4, 0.5) is 0 Å². The number of benzene rings is 1. The van der Waals surface area contributed by atoms with Gasteiger partial charge in [0.1, 0.15) is 0 Å². The van der Waals surface area contributed by atoms with Crippen LogP contribution in [0.1, 0.15) is 18.5 Å². The smallest absolute Gasteiger partial charge is 0.0924 e. The summed E-state index contributed by atoms with van der Waals surface area (Å²) in [6, 6.07) is 8.23. The Morgan fingerprint density at radius 3 is 3.07 bits per heavy atom. The molecule has 0 atom stereocenters. The van der Waals surface area contributed by atoms with Crippen molar-refractivity contribution >= 4 is 10.9 Å². The van der Waals surface area contributed by atoms with E-state index in [1.54, 1.807) is 0 Å². The summed E-state index contributed by atoms with van der Waals surface area (Å²) in [6.45, 7) is 2.05. The maximum atomic E-state index is 4.27. The Bertz CT molecular complexity index is 457. The van der Waals surface area contributed by atoms with Gasteiger partial charge in [0.25, 0.3) is 0 Å². The highest BCUT2D eigenvalue weighted by atomic mass is 15.1. The van der Waals surface area contributed by atoms with E-state index in [4.69, 9.17) is 0 Å². The summed E-state index contributed by atoms with van der Waals surface area (Å²) in [5.74, 6) is 0.930. The minimum absolute atomic E-state index is 0.900. The van der Waals surface area contributed by atoms with Crippen LogP contribution >= 0.6 is 0 Å². The second-order valence-corrected chi connectivity index (χ2v) is 4.29. The molecule has 0 aliphatic heterocycles. The number of aromatic nitrogens is 2. The maximum Gasteiger partial charge on any atom is 0.0924 e. The summed E-state index contributed by atoms with van der Waals surface area (Å²) in [4.78, 5) is 0. The minimum Gasteiger partial charge on any atom is -0.311 e. The first-order valence-corrected chi connectivity index (χ1v) is 5.56. The molecule has 78 valence electrons. The highest BCUT2D eigenvalue weighted by molar-refractivity contribution is 5.81. The molecule has 0 spiro atoms.